The van der Waals surface area contributed by atoms with Crippen molar-refractivity contribution in [2.75, 3.05) is 0 Å². The van der Waals surface area contributed by atoms with Crippen LogP contribution in [0, 0.1) is 18.3 Å². The minimum Gasteiger partial charge on any atom is -0.480 e. The third kappa shape index (κ3) is 4.37. The molecule has 4 aromatic rings. The number of carboxylic acid groups (broad SMARTS) is 1. The number of hydrogen-bond donors (Lipinski definition) is 1. The highest BCUT2D eigenvalue weighted by molar-refractivity contribution is 8.00. The maximum atomic E-state index is 12.1. The highest BCUT2D eigenvalue weighted by Crippen LogP contribution is 2.40. The molecule has 2 heterocycles. The summed E-state index contributed by atoms with van der Waals surface area (Å²) in [6.07, 6.45) is 1.55. The lowest BCUT2D eigenvalue weighted by molar-refractivity contribution is -0.136. The zero-order valence-corrected chi connectivity index (χ0v) is 17.5. The van der Waals surface area contributed by atoms with Gasteiger partial charge in [0.1, 0.15) is 22.0 Å². The van der Waals surface area contributed by atoms with Crippen LogP contribution in [0.15, 0.2) is 88.5 Å². The molecule has 2 aromatic heterocycles. The number of furan rings is 1. The quantitative estimate of drug-likeness (QED) is 0.375. The summed E-state index contributed by atoms with van der Waals surface area (Å²) in [5, 5.41) is 19.3. The molecule has 0 saturated heterocycles. The number of benzene rings is 2. The van der Waals surface area contributed by atoms with Crippen molar-refractivity contribution in [2.45, 2.75) is 17.2 Å². The van der Waals surface area contributed by atoms with Crippen molar-refractivity contribution in [1.29, 1.82) is 5.26 Å². The summed E-state index contributed by atoms with van der Waals surface area (Å²) >= 11 is 1.05. The van der Waals surface area contributed by atoms with Gasteiger partial charge in [0, 0.05) is 5.56 Å². The zero-order chi connectivity index (χ0) is 21.8. The van der Waals surface area contributed by atoms with Crippen LogP contribution >= 0.6 is 11.8 Å². The van der Waals surface area contributed by atoms with Gasteiger partial charge in [-0.1, -0.05) is 71.9 Å². The van der Waals surface area contributed by atoms with Crippen LogP contribution in [-0.2, 0) is 4.79 Å². The third-order valence-electron chi connectivity index (χ3n) is 4.79. The predicted molar refractivity (Wildman–Crippen MR) is 120 cm³/mol. The van der Waals surface area contributed by atoms with Crippen molar-refractivity contribution in [3.63, 3.8) is 0 Å². The van der Waals surface area contributed by atoms with Gasteiger partial charge in [-0.15, -0.1) is 0 Å². The van der Waals surface area contributed by atoms with Crippen molar-refractivity contribution in [3.8, 4) is 28.7 Å². The summed E-state index contributed by atoms with van der Waals surface area (Å²) in [4.78, 5) is 16.7. The van der Waals surface area contributed by atoms with Crippen LogP contribution in [0.25, 0.3) is 22.6 Å². The van der Waals surface area contributed by atoms with Gasteiger partial charge in [-0.25, -0.2) is 4.98 Å². The molecule has 6 heteroatoms. The molecule has 2 aromatic carbocycles. The fourth-order valence-electron chi connectivity index (χ4n) is 3.23. The maximum Gasteiger partial charge on any atom is 0.321 e. The highest BCUT2D eigenvalue weighted by Gasteiger charge is 2.25. The van der Waals surface area contributed by atoms with Crippen LogP contribution in [0.1, 0.15) is 21.9 Å². The minimum absolute atomic E-state index is 0.339. The van der Waals surface area contributed by atoms with Gasteiger partial charge in [0.25, 0.3) is 0 Å². The molecule has 4 rings (SSSR count). The molecule has 0 amide bonds. The smallest absolute Gasteiger partial charge is 0.321 e. The van der Waals surface area contributed by atoms with E-state index in [0.29, 0.717) is 33.2 Å². The Kier molecular flexibility index (Phi) is 5.87. The molecular formula is C25H18N2O3S. The van der Waals surface area contributed by atoms with E-state index in [1.165, 1.54) is 0 Å². The van der Waals surface area contributed by atoms with E-state index in [9.17, 15) is 15.2 Å². The first-order chi connectivity index (χ1) is 15.1. The zero-order valence-electron chi connectivity index (χ0n) is 16.6. The molecule has 0 bridgehead atoms. The molecule has 0 spiro atoms. The Balaban J connectivity index is 1.89. The van der Waals surface area contributed by atoms with E-state index >= 15 is 0 Å². The predicted octanol–water partition coefficient (Wildman–Crippen LogP) is 6.11. The number of aromatic nitrogens is 1. The molecule has 1 unspecified atom stereocenters. The fourth-order valence-corrected chi connectivity index (χ4v) is 4.27. The molecular weight excluding hydrogens is 408 g/mol. The van der Waals surface area contributed by atoms with Crippen molar-refractivity contribution in [1.82, 2.24) is 4.98 Å². The van der Waals surface area contributed by atoms with Gasteiger partial charge in [-0.05, 0) is 36.2 Å². The van der Waals surface area contributed by atoms with Crippen LogP contribution in [0.4, 0.5) is 0 Å². The first-order valence-corrected chi connectivity index (χ1v) is 10.4. The average Bonchev–Trinajstić information content (AvgIpc) is 3.33. The Morgan fingerprint density at radius 3 is 2.45 bits per heavy atom. The SMILES string of the molecule is Cc1ccc(-c2cc(-c3ccco3)nc(SC(C(=O)O)c3ccccc3)c2C#N)cc1. The number of nitrogens with zero attached hydrogens (tertiary/aromatic N) is 2. The number of nitriles is 1. The Bertz CT molecular complexity index is 1240. The third-order valence-corrected chi connectivity index (χ3v) is 6.02. The molecule has 0 aliphatic rings. The summed E-state index contributed by atoms with van der Waals surface area (Å²) in [5.74, 6) is -0.450. The van der Waals surface area contributed by atoms with Crippen LogP contribution in [0.5, 0.6) is 0 Å². The lowest BCUT2D eigenvalue weighted by atomic mass is 10.00. The second-order valence-corrected chi connectivity index (χ2v) is 8.03. The monoisotopic (exact) mass is 426 g/mol. The van der Waals surface area contributed by atoms with Crippen LogP contribution < -0.4 is 0 Å². The van der Waals surface area contributed by atoms with Crippen LogP contribution in [0.2, 0.25) is 0 Å². The topological polar surface area (TPSA) is 87.1 Å². The number of aryl methyl sites for hydroxylation is 1. The molecule has 1 N–H and O–H groups in total. The average molecular weight is 426 g/mol. The van der Waals surface area contributed by atoms with Crippen molar-refractivity contribution >= 4 is 17.7 Å². The van der Waals surface area contributed by atoms with Gasteiger partial charge in [0.05, 0.1) is 11.8 Å². The lowest BCUT2D eigenvalue weighted by Gasteiger charge is -2.16. The molecule has 152 valence electrons. The van der Waals surface area contributed by atoms with Gasteiger partial charge in [0.2, 0.25) is 0 Å². The molecule has 0 fully saturated rings. The molecule has 5 nitrogen and oxygen atoms in total. The molecule has 0 aliphatic heterocycles. The van der Waals surface area contributed by atoms with Crippen LogP contribution in [-0.4, -0.2) is 16.1 Å². The molecule has 1 atom stereocenters. The van der Waals surface area contributed by atoms with Crippen LogP contribution in [0.3, 0.4) is 0 Å². The van der Waals surface area contributed by atoms with Crippen molar-refractivity contribution in [2.24, 2.45) is 0 Å². The van der Waals surface area contributed by atoms with Gasteiger partial charge >= 0.3 is 5.97 Å². The summed E-state index contributed by atoms with van der Waals surface area (Å²) in [5.41, 5.74) is 4.15. The Hall–Kier alpha value is -3.82. The van der Waals surface area contributed by atoms with E-state index in [0.717, 1.165) is 22.9 Å². The van der Waals surface area contributed by atoms with E-state index in [-0.39, 0.29) is 0 Å². The van der Waals surface area contributed by atoms with Gasteiger partial charge < -0.3 is 9.52 Å². The summed E-state index contributed by atoms with van der Waals surface area (Å²) in [6, 6.07) is 24.4. The summed E-state index contributed by atoms with van der Waals surface area (Å²) in [6.45, 7) is 1.99. The number of carboxylic acids is 1. The molecule has 31 heavy (non-hydrogen) atoms. The largest absolute Gasteiger partial charge is 0.480 e. The van der Waals surface area contributed by atoms with E-state index in [1.807, 2.05) is 43.3 Å². The lowest BCUT2D eigenvalue weighted by Crippen LogP contribution is -2.09. The van der Waals surface area contributed by atoms with E-state index in [2.05, 4.69) is 11.1 Å². The normalized spacial score (nSPS) is 11.6. The number of pyridine rings is 1. The number of hydrogen-bond acceptors (Lipinski definition) is 5. The van der Waals surface area contributed by atoms with E-state index in [4.69, 9.17) is 4.42 Å². The Morgan fingerprint density at radius 2 is 1.84 bits per heavy atom. The van der Waals surface area contributed by atoms with Crippen molar-refractivity contribution < 1.29 is 14.3 Å². The number of rotatable bonds is 6. The number of aliphatic carboxylic acids is 1. The minimum atomic E-state index is -0.998. The number of thioether (sulfide) groups is 1. The fraction of sp³-hybridized carbons (Fsp3) is 0.0800. The highest BCUT2D eigenvalue weighted by atomic mass is 32.2. The Morgan fingerprint density at radius 1 is 1.10 bits per heavy atom. The first kappa shape index (κ1) is 20.5. The van der Waals surface area contributed by atoms with E-state index in [1.54, 1.807) is 42.7 Å². The molecule has 0 radical (unpaired) electrons. The van der Waals surface area contributed by atoms with Gasteiger partial charge in [0.15, 0.2) is 5.76 Å². The van der Waals surface area contributed by atoms with Gasteiger partial charge in [-0.3, -0.25) is 4.79 Å². The first-order valence-electron chi connectivity index (χ1n) is 9.57. The number of carbonyl (C=O) groups is 1. The van der Waals surface area contributed by atoms with Gasteiger partial charge in [-0.2, -0.15) is 5.26 Å². The summed E-state index contributed by atoms with van der Waals surface area (Å²) < 4.78 is 5.52. The second kappa shape index (κ2) is 8.90. The molecule has 0 aliphatic carbocycles. The Labute approximate surface area is 184 Å². The molecule has 0 saturated carbocycles. The standard InChI is InChI=1S/C25H18N2O3S/c1-16-9-11-17(12-10-16)19-14-21(22-8-5-13-30-22)27-24(20(19)15-26)31-23(25(28)29)18-6-3-2-4-7-18/h2-14,23H,1H3,(H,28,29). The summed E-state index contributed by atoms with van der Waals surface area (Å²) in [7, 11) is 0. The maximum absolute atomic E-state index is 12.1. The van der Waals surface area contributed by atoms with Crippen molar-refractivity contribution in [3.05, 3.63) is 95.7 Å². The van der Waals surface area contributed by atoms with E-state index < -0.39 is 11.2 Å². The second-order valence-electron chi connectivity index (χ2n) is 6.94.